The highest BCUT2D eigenvalue weighted by Gasteiger charge is 2.17. The zero-order valence-electron chi connectivity index (χ0n) is 10.7. The second kappa shape index (κ2) is 4.89. The van der Waals surface area contributed by atoms with E-state index in [1.165, 1.54) is 0 Å². The van der Waals surface area contributed by atoms with Gasteiger partial charge in [0.15, 0.2) is 11.5 Å². The molecule has 0 amide bonds. The molecule has 1 aliphatic heterocycles. The van der Waals surface area contributed by atoms with Crippen LogP contribution in [0.2, 0.25) is 0 Å². The molecule has 2 N–H and O–H groups in total. The van der Waals surface area contributed by atoms with E-state index >= 15 is 0 Å². The van der Waals surface area contributed by atoms with Crippen LogP contribution < -0.4 is 15.2 Å². The number of hydrogen-bond acceptors (Lipinski definition) is 6. The van der Waals surface area contributed by atoms with Crippen molar-refractivity contribution in [2.75, 3.05) is 19.8 Å². The molecule has 0 saturated carbocycles. The van der Waals surface area contributed by atoms with Crippen molar-refractivity contribution >= 4 is 0 Å². The first kappa shape index (κ1) is 12.0. The molecule has 100 valence electrons. The molecule has 0 unspecified atom stereocenters. The molecule has 0 saturated heterocycles. The number of nitrogens with zero attached hydrogens (tertiary/aromatic N) is 2. The second-order valence-corrected chi connectivity index (χ2v) is 4.36. The van der Waals surface area contributed by atoms with E-state index in [4.69, 9.17) is 19.7 Å². The van der Waals surface area contributed by atoms with Crippen molar-refractivity contribution in [2.45, 2.75) is 13.3 Å². The maximum Gasteiger partial charge on any atom is 0.228 e. The highest BCUT2D eigenvalue weighted by atomic mass is 16.6. The molecule has 3 rings (SSSR count). The summed E-state index contributed by atoms with van der Waals surface area (Å²) < 4.78 is 16.2. The van der Waals surface area contributed by atoms with Crippen molar-refractivity contribution < 1.29 is 14.0 Å². The van der Waals surface area contributed by atoms with Gasteiger partial charge in [-0.05, 0) is 24.6 Å². The Hall–Kier alpha value is -2.08. The van der Waals surface area contributed by atoms with Crippen LogP contribution in [0.3, 0.4) is 0 Å². The lowest BCUT2D eigenvalue weighted by Gasteiger charge is -2.19. The van der Waals surface area contributed by atoms with Crippen LogP contribution in [0.25, 0.3) is 11.4 Å². The lowest BCUT2D eigenvalue weighted by atomic mass is 10.1. The zero-order chi connectivity index (χ0) is 13.2. The van der Waals surface area contributed by atoms with Crippen LogP contribution in [0.4, 0.5) is 0 Å². The Morgan fingerprint density at radius 2 is 1.95 bits per heavy atom. The highest BCUT2D eigenvalue weighted by molar-refractivity contribution is 5.65. The molecule has 0 aliphatic carbocycles. The van der Waals surface area contributed by atoms with Gasteiger partial charge in [0, 0.05) is 18.5 Å². The van der Waals surface area contributed by atoms with E-state index in [2.05, 4.69) is 10.1 Å². The van der Waals surface area contributed by atoms with Crippen LogP contribution in [0.1, 0.15) is 11.5 Å². The second-order valence-electron chi connectivity index (χ2n) is 4.36. The van der Waals surface area contributed by atoms with Crippen molar-refractivity contribution in [2.24, 2.45) is 5.73 Å². The summed E-state index contributed by atoms with van der Waals surface area (Å²) in [6.45, 7) is 3.60. The van der Waals surface area contributed by atoms with Gasteiger partial charge >= 0.3 is 0 Å². The fraction of sp³-hybridized carbons (Fsp3) is 0.385. The van der Waals surface area contributed by atoms with Crippen LogP contribution in [-0.4, -0.2) is 29.9 Å². The number of aryl methyl sites for hydroxylation is 1. The minimum absolute atomic E-state index is 0.488. The standard InChI is InChI=1S/C13H15N3O3/c1-8-6-10-11(18-5-4-17-10)7-9(8)13-15-12(2-3-14)19-16-13/h6-7H,2-5,14H2,1H3. The normalized spacial score (nSPS) is 13.6. The fourth-order valence-corrected chi connectivity index (χ4v) is 2.02. The third-order valence-corrected chi connectivity index (χ3v) is 2.96. The molecule has 2 heterocycles. The lowest BCUT2D eigenvalue weighted by molar-refractivity contribution is 0.171. The minimum Gasteiger partial charge on any atom is -0.486 e. The zero-order valence-corrected chi connectivity index (χ0v) is 10.7. The monoisotopic (exact) mass is 261 g/mol. The van der Waals surface area contributed by atoms with Crippen molar-refractivity contribution in [1.29, 1.82) is 0 Å². The van der Waals surface area contributed by atoms with Crippen molar-refractivity contribution in [3.63, 3.8) is 0 Å². The Bertz CT molecular complexity index is 595. The van der Waals surface area contributed by atoms with Gasteiger partial charge in [0.25, 0.3) is 0 Å². The first-order valence-corrected chi connectivity index (χ1v) is 6.21. The van der Waals surface area contributed by atoms with Crippen LogP contribution in [0.5, 0.6) is 11.5 Å². The molecule has 1 aromatic carbocycles. The largest absolute Gasteiger partial charge is 0.486 e. The first-order chi connectivity index (χ1) is 9.28. The van der Waals surface area contributed by atoms with Crippen molar-refractivity contribution in [1.82, 2.24) is 10.1 Å². The van der Waals surface area contributed by atoms with Gasteiger partial charge in [0.05, 0.1) is 0 Å². The van der Waals surface area contributed by atoms with Gasteiger partial charge in [0.2, 0.25) is 11.7 Å². The molecule has 1 aliphatic rings. The van der Waals surface area contributed by atoms with E-state index in [0.29, 0.717) is 37.9 Å². The smallest absolute Gasteiger partial charge is 0.228 e. The molecule has 1 aromatic heterocycles. The SMILES string of the molecule is Cc1cc2c(cc1-c1noc(CCN)n1)OCCO2. The van der Waals surface area contributed by atoms with Gasteiger partial charge in [-0.15, -0.1) is 0 Å². The van der Waals surface area contributed by atoms with Gasteiger partial charge in [-0.2, -0.15) is 4.98 Å². The number of rotatable bonds is 3. The molecule has 6 heteroatoms. The molecule has 0 radical (unpaired) electrons. The number of aromatic nitrogens is 2. The molecular formula is C13H15N3O3. The maximum absolute atomic E-state index is 5.56. The van der Waals surface area contributed by atoms with E-state index in [1.54, 1.807) is 0 Å². The van der Waals surface area contributed by atoms with Crippen LogP contribution >= 0.6 is 0 Å². The summed E-state index contributed by atoms with van der Waals surface area (Å²) in [7, 11) is 0. The van der Waals surface area contributed by atoms with Gasteiger partial charge < -0.3 is 19.7 Å². The number of nitrogens with two attached hydrogens (primary N) is 1. The molecule has 2 aromatic rings. The van der Waals surface area contributed by atoms with Crippen molar-refractivity contribution in [3.8, 4) is 22.9 Å². The van der Waals surface area contributed by atoms with Crippen LogP contribution in [-0.2, 0) is 6.42 Å². The van der Waals surface area contributed by atoms with E-state index < -0.39 is 0 Å². The summed E-state index contributed by atoms with van der Waals surface area (Å²) in [5, 5.41) is 3.98. The van der Waals surface area contributed by atoms with E-state index in [1.807, 2.05) is 19.1 Å². The Labute approximate surface area is 110 Å². The predicted octanol–water partition coefficient (Wildman–Crippen LogP) is 1.32. The van der Waals surface area contributed by atoms with Crippen LogP contribution in [0.15, 0.2) is 16.7 Å². The van der Waals surface area contributed by atoms with E-state index in [9.17, 15) is 0 Å². The molecule has 6 nitrogen and oxygen atoms in total. The summed E-state index contributed by atoms with van der Waals surface area (Å²) in [4.78, 5) is 4.33. The molecule has 0 spiro atoms. The predicted molar refractivity (Wildman–Crippen MR) is 68.2 cm³/mol. The van der Waals surface area contributed by atoms with Crippen LogP contribution in [0, 0.1) is 6.92 Å². The molecule has 0 bridgehead atoms. The summed E-state index contributed by atoms with van der Waals surface area (Å²) in [6.07, 6.45) is 0.580. The Balaban J connectivity index is 1.99. The molecule has 19 heavy (non-hydrogen) atoms. The number of hydrogen-bond donors (Lipinski definition) is 1. The van der Waals surface area contributed by atoms with Gasteiger partial charge in [-0.25, -0.2) is 0 Å². The molecular weight excluding hydrogens is 246 g/mol. The third kappa shape index (κ3) is 2.26. The Morgan fingerprint density at radius 1 is 1.21 bits per heavy atom. The van der Waals surface area contributed by atoms with E-state index in [-0.39, 0.29) is 0 Å². The minimum atomic E-state index is 0.488. The van der Waals surface area contributed by atoms with E-state index in [0.717, 1.165) is 22.6 Å². The average molecular weight is 261 g/mol. The highest BCUT2D eigenvalue weighted by Crippen LogP contribution is 2.36. The van der Waals surface area contributed by atoms with Crippen molar-refractivity contribution in [3.05, 3.63) is 23.6 Å². The van der Waals surface area contributed by atoms with Gasteiger partial charge in [-0.3, -0.25) is 0 Å². The molecule has 0 fully saturated rings. The van der Waals surface area contributed by atoms with Gasteiger partial charge in [0.1, 0.15) is 13.2 Å². The quantitative estimate of drug-likeness (QED) is 0.897. The average Bonchev–Trinajstić information content (AvgIpc) is 2.87. The molecule has 0 atom stereocenters. The summed E-state index contributed by atoms with van der Waals surface area (Å²) in [5.74, 6) is 2.58. The maximum atomic E-state index is 5.56. The number of benzene rings is 1. The Kier molecular flexibility index (Phi) is 3.08. The summed E-state index contributed by atoms with van der Waals surface area (Å²) >= 11 is 0. The summed E-state index contributed by atoms with van der Waals surface area (Å²) in [6, 6.07) is 3.82. The Morgan fingerprint density at radius 3 is 2.68 bits per heavy atom. The summed E-state index contributed by atoms with van der Waals surface area (Å²) in [5.41, 5.74) is 7.37. The topological polar surface area (TPSA) is 83.4 Å². The first-order valence-electron chi connectivity index (χ1n) is 6.21. The third-order valence-electron chi connectivity index (χ3n) is 2.96. The fourth-order valence-electron chi connectivity index (χ4n) is 2.02. The number of fused-ring (bicyclic) bond motifs is 1. The number of ether oxygens (including phenoxy) is 2. The van der Waals surface area contributed by atoms with Gasteiger partial charge in [-0.1, -0.05) is 5.16 Å². The lowest BCUT2D eigenvalue weighted by Crippen LogP contribution is -2.15.